The third kappa shape index (κ3) is 2.46. The van der Waals surface area contributed by atoms with Crippen molar-refractivity contribution in [2.45, 2.75) is 13.0 Å². The Labute approximate surface area is 111 Å². The van der Waals surface area contributed by atoms with Crippen LogP contribution in [-0.4, -0.2) is 34.8 Å². The monoisotopic (exact) mass is 262 g/mol. The molecule has 1 heterocycles. The van der Waals surface area contributed by atoms with E-state index in [0.29, 0.717) is 11.6 Å². The van der Waals surface area contributed by atoms with Crippen molar-refractivity contribution in [2.24, 2.45) is 0 Å². The van der Waals surface area contributed by atoms with Gasteiger partial charge < -0.3 is 4.90 Å². The Bertz CT molecular complexity index is 570. The maximum atomic E-state index is 12.2. The zero-order valence-corrected chi connectivity index (χ0v) is 11.2. The summed E-state index contributed by atoms with van der Waals surface area (Å²) in [6, 6.07) is 11.4. The Morgan fingerprint density at radius 2 is 2.06 bits per heavy atom. The van der Waals surface area contributed by atoms with E-state index in [1.807, 2.05) is 37.3 Å². The second-order valence-electron chi connectivity index (χ2n) is 4.31. The Morgan fingerprint density at radius 3 is 2.78 bits per heavy atom. The van der Waals surface area contributed by atoms with Crippen molar-refractivity contribution in [1.82, 2.24) is 9.88 Å². The molecule has 3 nitrogen and oxygen atoms in total. The summed E-state index contributed by atoms with van der Waals surface area (Å²) in [5, 5.41) is 1.03. The van der Waals surface area contributed by atoms with Gasteiger partial charge in [0.25, 0.3) is 5.91 Å². The molecule has 0 N–H and O–H groups in total. The maximum Gasteiger partial charge on any atom is 0.272 e. The number of alkyl halides is 1. The number of rotatable bonds is 3. The van der Waals surface area contributed by atoms with Crippen LogP contribution in [0.5, 0.6) is 0 Å². The highest BCUT2D eigenvalue weighted by Crippen LogP contribution is 2.13. The van der Waals surface area contributed by atoms with E-state index >= 15 is 0 Å². The van der Waals surface area contributed by atoms with E-state index in [0.717, 1.165) is 10.9 Å². The quantitative estimate of drug-likeness (QED) is 0.797. The van der Waals surface area contributed by atoms with Crippen molar-refractivity contribution >= 4 is 28.4 Å². The molecule has 1 aromatic heterocycles. The highest BCUT2D eigenvalue weighted by atomic mass is 35.5. The Morgan fingerprint density at radius 1 is 1.33 bits per heavy atom. The van der Waals surface area contributed by atoms with Crippen molar-refractivity contribution < 1.29 is 4.79 Å². The van der Waals surface area contributed by atoms with Gasteiger partial charge in [-0.15, -0.1) is 11.6 Å². The van der Waals surface area contributed by atoms with Crippen molar-refractivity contribution in [3.63, 3.8) is 0 Å². The fourth-order valence-electron chi connectivity index (χ4n) is 1.67. The summed E-state index contributed by atoms with van der Waals surface area (Å²) in [5.74, 6) is 0.310. The van der Waals surface area contributed by atoms with Crippen LogP contribution in [-0.2, 0) is 0 Å². The summed E-state index contributed by atoms with van der Waals surface area (Å²) in [7, 11) is 1.74. The normalized spacial score (nSPS) is 12.4. The molecular weight excluding hydrogens is 248 g/mol. The Balaban J connectivity index is 2.33. The summed E-state index contributed by atoms with van der Waals surface area (Å²) in [6.45, 7) is 1.91. The lowest BCUT2D eigenvalue weighted by Gasteiger charge is -2.22. The number of hydrogen-bond acceptors (Lipinski definition) is 2. The number of pyridine rings is 1. The molecule has 1 amide bonds. The molecule has 1 aromatic carbocycles. The van der Waals surface area contributed by atoms with Crippen LogP contribution in [0.15, 0.2) is 36.4 Å². The van der Waals surface area contributed by atoms with E-state index in [9.17, 15) is 4.79 Å². The van der Waals surface area contributed by atoms with Gasteiger partial charge in [0.15, 0.2) is 0 Å². The maximum absolute atomic E-state index is 12.2. The number of halogens is 1. The van der Waals surface area contributed by atoms with Crippen molar-refractivity contribution in [3.8, 4) is 0 Å². The van der Waals surface area contributed by atoms with Gasteiger partial charge in [-0.1, -0.05) is 24.3 Å². The molecule has 1 unspecified atom stereocenters. The number of aromatic nitrogens is 1. The molecule has 0 saturated heterocycles. The summed E-state index contributed by atoms with van der Waals surface area (Å²) in [6.07, 6.45) is 0. The molecule has 2 rings (SSSR count). The van der Waals surface area contributed by atoms with E-state index in [1.165, 1.54) is 0 Å². The average molecular weight is 263 g/mol. The van der Waals surface area contributed by atoms with Gasteiger partial charge in [0.05, 0.1) is 5.52 Å². The van der Waals surface area contributed by atoms with Gasteiger partial charge in [-0.05, 0) is 19.1 Å². The minimum atomic E-state index is -0.103. The minimum Gasteiger partial charge on any atom is -0.336 e. The van der Waals surface area contributed by atoms with Gasteiger partial charge in [0, 0.05) is 24.4 Å². The number of carbonyl (C=O) groups excluding carboxylic acids is 1. The van der Waals surface area contributed by atoms with Crippen LogP contribution in [0.1, 0.15) is 17.4 Å². The first-order valence-electron chi connectivity index (χ1n) is 5.82. The molecule has 0 aliphatic heterocycles. The molecule has 18 heavy (non-hydrogen) atoms. The first kappa shape index (κ1) is 12.8. The number of hydrogen-bond donors (Lipinski definition) is 0. The smallest absolute Gasteiger partial charge is 0.272 e. The molecule has 0 spiro atoms. The standard InChI is InChI=1S/C14H15ClN2O/c1-10(9-15)17(2)14(18)13-8-7-11-5-3-4-6-12(11)16-13/h3-8,10H,9H2,1-2H3. The summed E-state index contributed by atoms with van der Waals surface area (Å²) >= 11 is 5.76. The van der Waals surface area contributed by atoms with Gasteiger partial charge in [-0.25, -0.2) is 4.98 Å². The topological polar surface area (TPSA) is 33.2 Å². The number of para-hydroxylation sites is 1. The molecule has 0 aliphatic carbocycles. The first-order valence-corrected chi connectivity index (χ1v) is 6.36. The third-order valence-electron chi connectivity index (χ3n) is 3.02. The molecule has 0 saturated carbocycles. The predicted octanol–water partition coefficient (Wildman–Crippen LogP) is 2.93. The van der Waals surface area contributed by atoms with E-state index < -0.39 is 0 Å². The van der Waals surface area contributed by atoms with E-state index in [1.54, 1.807) is 18.0 Å². The molecule has 0 bridgehead atoms. The van der Waals surface area contributed by atoms with Crippen LogP contribution >= 0.6 is 11.6 Å². The number of fused-ring (bicyclic) bond motifs is 1. The van der Waals surface area contributed by atoms with Crippen LogP contribution in [0.3, 0.4) is 0 Å². The van der Waals surface area contributed by atoms with Crippen LogP contribution in [0.2, 0.25) is 0 Å². The highest BCUT2D eigenvalue weighted by molar-refractivity contribution is 6.18. The summed E-state index contributed by atoms with van der Waals surface area (Å²) < 4.78 is 0. The molecule has 0 aliphatic rings. The lowest BCUT2D eigenvalue weighted by Crippen LogP contribution is -2.36. The molecular formula is C14H15ClN2O. The van der Waals surface area contributed by atoms with Crippen molar-refractivity contribution in [3.05, 3.63) is 42.1 Å². The number of nitrogens with zero attached hydrogens (tertiary/aromatic N) is 2. The van der Waals surface area contributed by atoms with Gasteiger partial charge >= 0.3 is 0 Å². The molecule has 1 atom stereocenters. The number of benzene rings is 1. The van der Waals surface area contributed by atoms with Crippen molar-refractivity contribution in [2.75, 3.05) is 12.9 Å². The number of carbonyl (C=O) groups is 1. The molecule has 2 aromatic rings. The fraction of sp³-hybridized carbons (Fsp3) is 0.286. The first-order chi connectivity index (χ1) is 8.63. The van der Waals surface area contributed by atoms with E-state index in [4.69, 9.17) is 11.6 Å². The minimum absolute atomic E-state index is 0.00700. The molecule has 0 fully saturated rings. The third-order valence-corrected chi connectivity index (χ3v) is 3.47. The fourth-order valence-corrected chi connectivity index (χ4v) is 1.88. The predicted molar refractivity (Wildman–Crippen MR) is 74.0 cm³/mol. The highest BCUT2D eigenvalue weighted by Gasteiger charge is 2.17. The Kier molecular flexibility index (Phi) is 3.82. The largest absolute Gasteiger partial charge is 0.336 e. The SMILES string of the molecule is CC(CCl)N(C)C(=O)c1ccc2ccccc2n1. The molecule has 94 valence electrons. The second kappa shape index (κ2) is 5.36. The van der Waals surface area contributed by atoms with Gasteiger partial charge in [-0.2, -0.15) is 0 Å². The van der Waals surface area contributed by atoms with E-state index in [-0.39, 0.29) is 11.9 Å². The lowest BCUT2D eigenvalue weighted by molar-refractivity contribution is 0.0751. The zero-order valence-electron chi connectivity index (χ0n) is 10.4. The van der Waals surface area contributed by atoms with Crippen LogP contribution < -0.4 is 0 Å². The van der Waals surface area contributed by atoms with Crippen LogP contribution in [0.4, 0.5) is 0 Å². The lowest BCUT2D eigenvalue weighted by atomic mass is 10.2. The average Bonchev–Trinajstić information content (AvgIpc) is 2.44. The number of amides is 1. The van der Waals surface area contributed by atoms with Gasteiger partial charge in [-0.3, -0.25) is 4.79 Å². The second-order valence-corrected chi connectivity index (χ2v) is 4.62. The van der Waals surface area contributed by atoms with Crippen LogP contribution in [0, 0.1) is 0 Å². The zero-order chi connectivity index (χ0) is 13.1. The summed E-state index contributed by atoms with van der Waals surface area (Å²) in [4.78, 5) is 18.2. The van der Waals surface area contributed by atoms with E-state index in [2.05, 4.69) is 4.98 Å². The molecule has 0 radical (unpaired) electrons. The summed E-state index contributed by atoms with van der Waals surface area (Å²) in [5.41, 5.74) is 1.28. The van der Waals surface area contributed by atoms with Crippen molar-refractivity contribution in [1.29, 1.82) is 0 Å². The van der Waals surface area contributed by atoms with Gasteiger partial charge in [0.1, 0.15) is 5.69 Å². The Hall–Kier alpha value is -1.61. The van der Waals surface area contributed by atoms with Crippen LogP contribution in [0.25, 0.3) is 10.9 Å². The van der Waals surface area contributed by atoms with Gasteiger partial charge in [0.2, 0.25) is 0 Å². The molecule has 4 heteroatoms.